The van der Waals surface area contributed by atoms with Gasteiger partial charge in [0.25, 0.3) is 5.91 Å². The zero-order valence-electron chi connectivity index (χ0n) is 34.2. The van der Waals surface area contributed by atoms with E-state index in [0.717, 1.165) is 104 Å². The van der Waals surface area contributed by atoms with Crippen molar-refractivity contribution in [2.45, 2.75) is 102 Å². The van der Waals surface area contributed by atoms with Gasteiger partial charge in [-0.2, -0.15) is 0 Å². The number of amides is 5. The van der Waals surface area contributed by atoms with Crippen molar-refractivity contribution in [3.63, 3.8) is 0 Å². The summed E-state index contributed by atoms with van der Waals surface area (Å²) >= 11 is 6.51. The molecule has 0 atom stereocenters. The molecule has 1 spiro atoms. The highest BCUT2D eigenvalue weighted by Gasteiger charge is 2.46. The summed E-state index contributed by atoms with van der Waals surface area (Å²) in [6.07, 6.45) is 7.73. The number of imide groups is 1. The van der Waals surface area contributed by atoms with E-state index in [1.54, 1.807) is 0 Å². The van der Waals surface area contributed by atoms with Gasteiger partial charge in [-0.25, -0.2) is 4.99 Å². The van der Waals surface area contributed by atoms with Gasteiger partial charge in [0.2, 0.25) is 24.1 Å². The van der Waals surface area contributed by atoms with E-state index in [1.165, 1.54) is 11.1 Å². The van der Waals surface area contributed by atoms with Crippen molar-refractivity contribution in [1.29, 1.82) is 0 Å². The number of nitrogens with zero attached hydrogens (tertiary/aromatic N) is 4. The predicted octanol–water partition coefficient (Wildman–Crippen LogP) is 6.60. The smallest absolute Gasteiger partial charge is 0.252 e. The highest BCUT2D eigenvalue weighted by Crippen LogP contribution is 2.50. The van der Waals surface area contributed by atoms with Crippen molar-refractivity contribution in [2.75, 3.05) is 44.2 Å². The molecule has 3 saturated heterocycles. The van der Waals surface area contributed by atoms with Gasteiger partial charge in [-0.3, -0.25) is 34.2 Å². The van der Waals surface area contributed by atoms with Crippen LogP contribution < -0.4 is 20.3 Å². The number of hydrogen-bond acceptors (Lipinski definition) is 7. The molecule has 0 aromatic heterocycles. The Labute approximate surface area is 350 Å². The van der Waals surface area contributed by atoms with Gasteiger partial charge in [-0.15, -0.1) is 0 Å². The number of halogens is 1. The lowest BCUT2D eigenvalue weighted by Gasteiger charge is -2.38. The lowest BCUT2D eigenvalue weighted by Crippen LogP contribution is -2.44. The molecule has 59 heavy (non-hydrogen) atoms. The number of piperidine rings is 3. The molecule has 6 aliphatic rings. The molecule has 6 aliphatic heterocycles. The van der Waals surface area contributed by atoms with Gasteiger partial charge in [0.15, 0.2) is 0 Å². The largest absolute Gasteiger partial charge is 0.492 e. The van der Waals surface area contributed by atoms with Crippen LogP contribution in [0.4, 0.5) is 11.4 Å². The summed E-state index contributed by atoms with van der Waals surface area (Å²) in [5.74, 6) is 1.97. The molecule has 0 bridgehead atoms. The summed E-state index contributed by atoms with van der Waals surface area (Å²) in [5.41, 5.74) is 7.90. The summed E-state index contributed by atoms with van der Waals surface area (Å²) in [6, 6.07) is 16.6. The third-order valence-corrected chi connectivity index (χ3v) is 13.8. The Morgan fingerprint density at radius 3 is 2.41 bits per heavy atom. The fourth-order valence-corrected chi connectivity index (χ4v) is 10.1. The van der Waals surface area contributed by atoms with Crippen LogP contribution in [0.15, 0.2) is 53.5 Å². The summed E-state index contributed by atoms with van der Waals surface area (Å²) in [6.45, 7) is 11.9. The Morgan fingerprint density at radius 1 is 0.966 bits per heavy atom. The topological polar surface area (TPSA) is 141 Å². The molecule has 0 aliphatic carbocycles. The maximum absolute atomic E-state index is 13.3. The highest BCUT2D eigenvalue weighted by molar-refractivity contribution is 6.32. The Morgan fingerprint density at radius 2 is 1.71 bits per heavy atom. The van der Waals surface area contributed by atoms with E-state index in [4.69, 9.17) is 16.3 Å². The van der Waals surface area contributed by atoms with Crippen LogP contribution in [0.25, 0.3) is 0 Å². The van der Waals surface area contributed by atoms with Gasteiger partial charge in [0.05, 0.1) is 23.4 Å². The second kappa shape index (κ2) is 16.5. The Balaban J connectivity index is 0.000000543. The lowest BCUT2D eigenvalue weighted by molar-refractivity contribution is -0.133. The molecule has 6 heterocycles. The Kier molecular flexibility index (Phi) is 11.4. The SMILES string of the molecule is Cc1c(Cl)cccc1N1C(=NC=O)C(C)(C)c2cc(C3CCN(C(=O)CCCN4CCC5(CC4)COc4c5ccc5c4CNC5=O)CC3)ccc21.O=C1CCCC(=O)N1. The first-order valence-electron chi connectivity index (χ1n) is 21.0. The van der Waals surface area contributed by atoms with E-state index in [0.29, 0.717) is 62.0 Å². The van der Waals surface area contributed by atoms with Crippen LogP contribution in [-0.4, -0.2) is 85.0 Å². The summed E-state index contributed by atoms with van der Waals surface area (Å²) < 4.78 is 6.22. The quantitative estimate of drug-likeness (QED) is 0.201. The second-order valence-electron chi connectivity index (χ2n) is 17.3. The molecule has 0 unspecified atom stereocenters. The molecule has 3 aromatic rings. The second-order valence-corrected chi connectivity index (χ2v) is 17.7. The minimum atomic E-state index is -0.471. The highest BCUT2D eigenvalue weighted by atomic mass is 35.5. The number of benzene rings is 3. The van der Waals surface area contributed by atoms with Crippen molar-refractivity contribution in [3.8, 4) is 5.75 Å². The molecule has 3 fully saturated rings. The number of aliphatic imine (C=N–C) groups is 1. The van der Waals surface area contributed by atoms with Crippen LogP contribution in [0.1, 0.15) is 116 Å². The fourth-order valence-electron chi connectivity index (χ4n) is 9.90. The van der Waals surface area contributed by atoms with E-state index < -0.39 is 5.41 Å². The van der Waals surface area contributed by atoms with Crippen molar-refractivity contribution < 1.29 is 28.7 Å². The average Bonchev–Trinajstić information content (AvgIpc) is 3.86. The average molecular weight is 821 g/mol. The predicted molar refractivity (Wildman–Crippen MR) is 227 cm³/mol. The number of carbonyl (C=O) groups is 5. The van der Waals surface area contributed by atoms with E-state index in [9.17, 15) is 24.0 Å². The fraction of sp³-hybridized carbons (Fsp3) is 0.478. The number of nitrogens with one attached hydrogen (secondary N) is 2. The number of fused-ring (bicyclic) bond motifs is 5. The molecule has 310 valence electrons. The molecule has 3 aromatic carbocycles. The maximum Gasteiger partial charge on any atom is 0.252 e. The van der Waals surface area contributed by atoms with Crippen molar-refractivity contribution >= 4 is 58.9 Å². The van der Waals surface area contributed by atoms with Crippen molar-refractivity contribution in [1.82, 2.24) is 20.4 Å². The third-order valence-electron chi connectivity index (χ3n) is 13.4. The number of anilines is 2. The third kappa shape index (κ3) is 7.77. The molecule has 0 saturated carbocycles. The molecule has 0 radical (unpaired) electrons. The standard InChI is InChI=1S/C41H46ClN5O4.C5H7NO2/c1-26-33(42)6-4-7-34(26)47-35-12-9-28(22-32(35)40(2,3)39(47)44-25-48)27-13-18-46(19-14-27)36(49)8-5-17-45-20-15-41(16-21-45)24-51-37-30-23-43-38(50)29(30)10-11-31(37)41;7-4-2-1-3-5(8)6-4/h4,6-7,9-12,22,25,27H,5,8,13-21,23-24H2,1-3H3,(H,43,50);1-3H2,(H,6,7,8). The minimum absolute atomic E-state index is 0.00555. The van der Waals surface area contributed by atoms with E-state index >= 15 is 0 Å². The first kappa shape index (κ1) is 40.7. The summed E-state index contributed by atoms with van der Waals surface area (Å²) in [5, 5.41) is 5.80. The molecule has 12 nitrogen and oxygen atoms in total. The van der Waals surface area contributed by atoms with Crippen molar-refractivity contribution in [3.05, 3.63) is 86.9 Å². The van der Waals surface area contributed by atoms with Gasteiger partial charge in [0.1, 0.15) is 11.6 Å². The van der Waals surface area contributed by atoms with Crippen LogP contribution in [0.3, 0.4) is 0 Å². The maximum atomic E-state index is 13.3. The molecule has 9 rings (SSSR count). The Bertz CT molecular complexity index is 2210. The zero-order valence-corrected chi connectivity index (χ0v) is 35.0. The van der Waals surface area contributed by atoms with Gasteiger partial charge < -0.3 is 19.9 Å². The van der Waals surface area contributed by atoms with Gasteiger partial charge in [0, 0.05) is 66.0 Å². The van der Waals surface area contributed by atoms with E-state index in [2.05, 4.69) is 68.4 Å². The number of rotatable bonds is 7. The summed E-state index contributed by atoms with van der Waals surface area (Å²) in [7, 11) is 0. The van der Waals surface area contributed by atoms with Crippen LogP contribution in [0, 0.1) is 6.92 Å². The molecule has 13 heteroatoms. The van der Waals surface area contributed by atoms with Gasteiger partial charge >= 0.3 is 0 Å². The van der Waals surface area contributed by atoms with Crippen molar-refractivity contribution in [2.24, 2.45) is 4.99 Å². The number of ether oxygens (including phenoxy) is 1. The molecular weight excluding hydrogens is 768 g/mol. The van der Waals surface area contributed by atoms with Gasteiger partial charge in [-0.05, 0) is 126 Å². The molecule has 5 amide bonds. The lowest BCUT2D eigenvalue weighted by atomic mass is 9.74. The zero-order chi connectivity index (χ0) is 41.5. The number of hydrogen-bond donors (Lipinski definition) is 2. The van der Waals surface area contributed by atoms with Gasteiger partial charge in [-0.1, -0.05) is 35.9 Å². The monoisotopic (exact) mass is 820 g/mol. The summed E-state index contributed by atoms with van der Waals surface area (Å²) in [4.78, 5) is 68.8. The Hall–Kier alpha value is -5.07. The number of amidine groups is 1. The van der Waals surface area contributed by atoms with Crippen LogP contribution in [0.5, 0.6) is 5.75 Å². The number of likely N-dealkylation sites (tertiary alicyclic amines) is 2. The molecular formula is C46H53ClN6O6. The first-order valence-corrected chi connectivity index (χ1v) is 21.4. The number of carbonyl (C=O) groups excluding carboxylic acids is 5. The minimum Gasteiger partial charge on any atom is -0.492 e. The van der Waals surface area contributed by atoms with E-state index in [1.807, 2.05) is 31.2 Å². The van der Waals surface area contributed by atoms with E-state index in [-0.39, 0.29) is 29.0 Å². The molecule has 2 N–H and O–H groups in total. The first-order chi connectivity index (χ1) is 28.4. The van der Waals surface area contributed by atoms with Crippen LogP contribution >= 0.6 is 11.6 Å². The van der Waals surface area contributed by atoms with Crippen LogP contribution in [0.2, 0.25) is 5.02 Å². The van der Waals surface area contributed by atoms with Crippen LogP contribution in [-0.2, 0) is 36.6 Å². The normalized spacial score (nSPS) is 21.3.